The van der Waals surface area contributed by atoms with Crippen molar-refractivity contribution in [3.63, 3.8) is 0 Å². The Labute approximate surface area is 95.8 Å². The van der Waals surface area contributed by atoms with E-state index in [-0.39, 0.29) is 18.1 Å². The van der Waals surface area contributed by atoms with E-state index in [1.807, 2.05) is 0 Å². The molecule has 0 aliphatic carbocycles. The van der Waals surface area contributed by atoms with Crippen molar-refractivity contribution in [2.45, 2.75) is 6.42 Å². The first-order chi connectivity index (χ1) is 7.74. The van der Waals surface area contributed by atoms with Gasteiger partial charge in [-0.25, -0.2) is 0 Å². The molecule has 0 radical (unpaired) electrons. The SMILES string of the molecule is O=C(Cc1cccc(O)c1)Nc1nncs1. The fourth-order valence-electron chi connectivity index (χ4n) is 1.24. The number of nitrogens with one attached hydrogen (secondary N) is 1. The molecule has 0 spiro atoms. The number of carbonyl (C=O) groups is 1. The van der Waals surface area contributed by atoms with Crippen molar-refractivity contribution in [2.75, 3.05) is 5.32 Å². The van der Waals surface area contributed by atoms with Gasteiger partial charge in [0.25, 0.3) is 0 Å². The minimum atomic E-state index is -0.178. The molecule has 16 heavy (non-hydrogen) atoms. The molecule has 5 nitrogen and oxygen atoms in total. The average molecular weight is 235 g/mol. The van der Waals surface area contributed by atoms with Crippen LogP contribution in [-0.4, -0.2) is 21.2 Å². The number of anilines is 1. The van der Waals surface area contributed by atoms with Gasteiger partial charge in [-0.1, -0.05) is 23.5 Å². The van der Waals surface area contributed by atoms with Gasteiger partial charge in [0.2, 0.25) is 11.0 Å². The molecule has 0 unspecified atom stereocenters. The summed E-state index contributed by atoms with van der Waals surface area (Å²) in [5.41, 5.74) is 2.30. The Morgan fingerprint density at radius 1 is 1.50 bits per heavy atom. The monoisotopic (exact) mass is 235 g/mol. The van der Waals surface area contributed by atoms with Gasteiger partial charge in [0.15, 0.2) is 0 Å². The highest BCUT2D eigenvalue weighted by atomic mass is 32.1. The van der Waals surface area contributed by atoms with E-state index in [1.54, 1.807) is 29.8 Å². The molecule has 6 heteroatoms. The Bertz CT molecular complexity index is 485. The number of hydrogen-bond acceptors (Lipinski definition) is 5. The first-order valence-corrected chi connectivity index (χ1v) is 5.46. The van der Waals surface area contributed by atoms with Gasteiger partial charge in [0.1, 0.15) is 11.3 Å². The number of aromatic nitrogens is 2. The number of carbonyl (C=O) groups excluding carboxylic acids is 1. The molecule has 1 aromatic heterocycles. The summed E-state index contributed by atoms with van der Waals surface area (Å²) in [6.45, 7) is 0. The molecular weight excluding hydrogens is 226 g/mol. The van der Waals surface area contributed by atoms with E-state index in [2.05, 4.69) is 15.5 Å². The predicted molar refractivity (Wildman–Crippen MR) is 60.3 cm³/mol. The molecule has 0 fully saturated rings. The van der Waals surface area contributed by atoms with E-state index < -0.39 is 0 Å². The summed E-state index contributed by atoms with van der Waals surface area (Å²) in [4.78, 5) is 11.5. The topological polar surface area (TPSA) is 75.1 Å². The fourth-order valence-corrected chi connectivity index (χ4v) is 1.70. The van der Waals surface area contributed by atoms with Crippen LogP contribution in [0.1, 0.15) is 5.56 Å². The van der Waals surface area contributed by atoms with Crippen LogP contribution >= 0.6 is 11.3 Å². The normalized spacial score (nSPS) is 10.0. The molecule has 0 saturated carbocycles. The lowest BCUT2D eigenvalue weighted by atomic mass is 10.1. The summed E-state index contributed by atoms with van der Waals surface area (Å²) in [5, 5.41) is 19.6. The Kier molecular flexibility index (Phi) is 3.11. The van der Waals surface area contributed by atoms with Crippen LogP contribution in [0.2, 0.25) is 0 Å². The number of phenolic OH excluding ortho intramolecular Hbond substituents is 1. The van der Waals surface area contributed by atoms with Crippen LogP contribution in [0.4, 0.5) is 5.13 Å². The minimum Gasteiger partial charge on any atom is -0.508 e. The molecule has 0 aliphatic heterocycles. The lowest BCUT2D eigenvalue weighted by Crippen LogP contribution is -2.14. The standard InChI is InChI=1S/C10H9N3O2S/c14-8-3-1-2-7(4-8)5-9(15)12-10-13-11-6-16-10/h1-4,6,14H,5H2,(H,12,13,15). The third-order valence-corrected chi connectivity index (χ3v) is 2.49. The Hall–Kier alpha value is -1.95. The summed E-state index contributed by atoms with van der Waals surface area (Å²) >= 11 is 1.26. The van der Waals surface area contributed by atoms with Crippen molar-refractivity contribution in [3.05, 3.63) is 35.3 Å². The molecule has 2 rings (SSSR count). The summed E-state index contributed by atoms with van der Waals surface area (Å²) in [7, 11) is 0. The second-order valence-electron chi connectivity index (χ2n) is 3.14. The molecule has 0 saturated heterocycles. The molecule has 82 valence electrons. The number of amides is 1. The van der Waals surface area contributed by atoms with Crippen molar-refractivity contribution in [2.24, 2.45) is 0 Å². The zero-order chi connectivity index (χ0) is 11.4. The Morgan fingerprint density at radius 2 is 2.38 bits per heavy atom. The maximum Gasteiger partial charge on any atom is 0.230 e. The maximum absolute atomic E-state index is 11.5. The molecule has 0 aliphatic rings. The van der Waals surface area contributed by atoms with Crippen molar-refractivity contribution in [3.8, 4) is 5.75 Å². The van der Waals surface area contributed by atoms with Crippen molar-refractivity contribution >= 4 is 22.4 Å². The second-order valence-corrected chi connectivity index (χ2v) is 3.97. The summed E-state index contributed by atoms with van der Waals surface area (Å²) in [6.07, 6.45) is 0.202. The third-order valence-electron chi connectivity index (χ3n) is 1.88. The van der Waals surface area contributed by atoms with E-state index in [0.29, 0.717) is 5.13 Å². The molecule has 0 atom stereocenters. The lowest BCUT2D eigenvalue weighted by molar-refractivity contribution is -0.115. The van der Waals surface area contributed by atoms with Crippen molar-refractivity contribution in [1.29, 1.82) is 0 Å². The van der Waals surface area contributed by atoms with Gasteiger partial charge < -0.3 is 10.4 Å². The van der Waals surface area contributed by atoms with Crippen LogP contribution in [0.3, 0.4) is 0 Å². The molecule has 1 amide bonds. The highest BCUT2D eigenvalue weighted by Gasteiger charge is 2.06. The largest absolute Gasteiger partial charge is 0.508 e. The van der Waals surface area contributed by atoms with Gasteiger partial charge in [-0.05, 0) is 17.7 Å². The van der Waals surface area contributed by atoms with Crippen molar-refractivity contribution in [1.82, 2.24) is 10.2 Å². The predicted octanol–water partition coefficient (Wildman–Crippen LogP) is 1.42. The summed E-state index contributed by atoms with van der Waals surface area (Å²) < 4.78 is 0. The average Bonchev–Trinajstić information content (AvgIpc) is 2.70. The number of benzene rings is 1. The van der Waals surface area contributed by atoms with Crippen LogP contribution in [0.25, 0.3) is 0 Å². The quantitative estimate of drug-likeness (QED) is 0.843. The highest BCUT2D eigenvalue weighted by molar-refractivity contribution is 7.13. The number of aromatic hydroxyl groups is 1. The molecule has 2 N–H and O–H groups in total. The first-order valence-electron chi connectivity index (χ1n) is 4.58. The number of rotatable bonds is 3. The van der Waals surface area contributed by atoms with Gasteiger partial charge in [-0.15, -0.1) is 10.2 Å². The van der Waals surface area contributed by atoms with E-state index in [9.17, 15) is 9.90 Å². The lowest BCUT2D eigenvalue weighted by Gasteiger charge is -2.01. The van der Waals surface area contributed by atoms with Crippen molar-refractivity contribution < 1.29 is 9.90 Å². The van der Waals surface area contributed by atoms with E-state index >= 15 is 0 Å². The van der Waals surface area contributed by atoms with E-state index in [0.717, 1.165) is 5.56 Å². The molecular formula is C10H9N3O2S. The molecule has 0 bridgehead atoms. The zero-order valence-corrected chi connectivity index (χ0v) is 9.07. The van der Waals surface area contributed by atoms with Crippen LogP contribution in [0, 0.1) is 0 Å². The van der Waals surface area contributed by atoms with E-state index in [4.69, 9.17) is 0 Å². The maximum atomic E-state index is 11.5. The number of nitrogens with zero attached hydrogens (tertiary/aromatic N) is 2. The van der Waals surface area contributed by atoms with Gasteiger partial charge in [0, 0.05) is 0 Å². The smallest absolute Gasteiger partial charge is 0.230 e. The second kappa shape index (κ2) is 4.71. The Balaban J connectivity index is 1.97. The zero-order valence-electron chi connectivity index (χ0n) is 8.25. The number of hydrogen-bond donors (Lipinski definition) is 2. The fraction of sp³-hybridized carbons (Fsp3) is 0.100. The third kappa shape index (κ3) is 2.77. The highest BCUT2D eigenvalue weighted by Crippen LogP contribution is 2.13. The minimum absolute atomic E-state index is 0.154. The van der Waals surface area contributed by atoms with Crippen LogP contribution in [0.15, 0.2) is 29.8 Å². The molecule has 1 aromatic carbocycles. The number of phenols is 1. The van der Waals surface area contributed by atoms with Crippen LogP contribution in [-0.2, 0) is 11.2 Å². The first kappa shape index (κ1) is 10.6. The molecule has 2 aromatic rings. The van der Waals surface area contributed by atoms with Crippen LogP contribution < -0.4 is 5.32 Å². The van der Waals surface area contributed by atoms with Crippen LogP contribution in [0.5, 0.6) is 5.75 Å². The van der Waals surface area contributed by atoms with E-state index in [1.165, 1.54) is 11.3 Å². The van der Waals surface area contributed by atoms with Gasteiger partial charge in [-0.2, -0.15) is 0 Å². The summed E-state index contributed by atoms with van der Waals surface area (Å²) in [5.74, 6) is -0.0245. The van der Waals surface area contributed by atoms with Gasteiger partial charge in [0.05, 0.1) is 6.42 Å². The Morgan fingerprint density at radius 3 is 3.06 bits per heavy atom. The summed E-state index contributed by atoms with van der Waals surface area (Å²) in [6, 6.07) is 6.59. The molecule has 1 heterocycles. The van der Waals surface area contributed by atoms with Gasteiger partial charge >= 0.3 is 0 Å². The van der Waals surface area contributed by atoms with Gasteiger partial charge in [-0.3, -0.25) is 4.79 Å².